The lowest BCUT2D eigenvalue weighted by Crippen LogP contribution is -2.23. The van der Waals surface area contributed by atoms with Crippen molar-refractivity contribution in [1.29, 1.82) is 0 Å². The van der Waals surface area contributed by atoms with Crippen molar-refractivity contribution in [2.45, 2.75) is 27.2 Å². The fraction of sp³-hybridized carbons (Fsp3) is 0.545. The number of ketones is 1. The van der Waals surface area contributed by atoms with Crippen molar-refractivity contribution in [3.63, 3.8) is 0 Å². The summed E-state index contributed by atoms with van der Waals surface area (Å²) < 4.78 is 4.96. The van der Waals surface area contributed by atoms with E-state index in [1.165, 1.54) is 7.11 Å². The van der Waals surface area contributed by atoms with E-state index >= 15 is 0 Å². The van der Waals surface area contributed by atoms with Crippen molar-refractivity contribution < 1.29 is 9.53 Å². The van der Waals surface area contributed by atoms with Gasteiger partial charge < -0.3 is 4.74 Å². The van der Waals surface area contributed by atoms with E-state index in [4.69, 9.17) is 4.74 Å². The van der Waals surface area contributed by atoms with Crippen molar-refractivity contribution in [3.8, 4) is 5.88 Å². The quantitative estimate of drug-likeness (QED) is 0.757. The molecule has 15 heavy (non-hydrogen) atoms. The average molecular weight is 208 g/mol. The molecule has 0 saturated heterocycles. The van der Waals surface area contributed by atoms with Crippen LogP contribution in [-0.4, -0.2) is 22.9 Å². The van der Waals surface area contributed by atoms with Crippen LogP contribution in [-0.2, 0) is 11.2 Å². The minimum atomic E-state index is -0.355. The summed E-state index contributed by atoms with van der Waals surface area (Å²) in [6.07, 6.45) is 1.85. The van der Waals surface area contributed by atoms with Crippen LogP contribution in [0.4, 0.5) is 0 Å². The van der Waals surface area contributed by atoms with Gasteiger partial charge in [0, 0.05) is 17.7 Å². The molecule has 82 valence electrons. The van der Waals surface area contributed by atoms with E-state index < -0.39 is 0 Å². The zero-order valence-corrected chi connectivity index (χ0v) is 9.57. The van der Waals surface area contributed by atoms with Crippen molar-refractivity contribution in [3.05, 3.63) is 18.1 Å². The maximum atomic E-state index is 11.7. The van der Waals surface area contributed by atoms with Gasteiger partial charge in [-0.3, -0.25) is 4.79 Å². The van der Waals surface area contributed by atoms with Gasteiger partial charge in [0.25, 0.3) is 0 Å². The Kier molecular flexibility index (Phi) is 3.39. The van der Waals surface area contributed by atoms with Crippen LogP contribution in [0, 0.1) is 5.41 Å². The van der Waals surface area contributed by atoms with E-state index in [0.717, 1.165) is 0 Å². The summed E-state index contributed by atoms with van der Waals surface area (Å²) in [5.41, 5.74) is -0.355. The molecule has 1 aromatic rings. The number of rotatable bonds is 3. The van der Waals surface area contributed by atoms with Crippen LogP contribution >= 0.6 is 0 Å². The second kappa shape index (κ2) is 4.38. The highest BCUT2D eigenvalue weighted by Gasteiger charge is 2.22. The summed E-state index contributed by atoms with van der Waals surface area (Å²) in [7, 11) is 1.54. The molecule has 0 aliphatic rings. The van der Waals surface area contributed by atoms with E-state index in [-0.39, 0.29) is 17.6 Å². The Labute approximate surface area is 89.7 Å². The van der Waals surface area contributed by atoms with Gasteiger partial charge in [-0.05, 0) is 0 Å². The monoisotopic (exact) mass is 208 g/mol. The first kappa shape index (κ1) is 11.6. The summed E-state index contributed by atoms with van der Waals surface area (Å²) in [5, 5.41) is 0. The number of ether oxygens (including phenoxy) is 1. The van der Waals surface area contributed by atoms with Crippen LogP contribution < -0.4 is 4.74 Å². The number of Topliss-reactive ketones (excluding diaryl/α,β-unsaturated/α-hetero) is 1. The summed E-state index contributed by atoms with van der Waals surface area (Å²) in [6, 6.07) is 1.66. The number of nitrogens with zero attached hydrogens (tertiary/aromatic N) is 2. The molecule has 0 saturated carbocycles. The second-order valence-corrected chi connectivity index (χ2v) is 4.37. The molecular formula is C11H16N2O2. The highest BCUT2D eigenvalue weighted by atomic mass is 16.5. The van der Waals surface area contributed by atoms with Crippen LogP contribution in [0.15, 0.2) is 12.3 Å². The molecule has 0 aliphatic heterocycles. The molecule has 0 aromatic carbocycles. The van der Waals surface area contributed by atoms with E-state index in [1.807, 2.05) is 20.8 Å². The Hall–Kier alpha value is -1.45. The van der Waals surface area contributed by atoms with Crippen molar-refractivity contribution in [2.75, 3.05) is 7.11 Å². The Morgan fingerprint density at radius 2 is 2.13 bits per heavy atom. The second-order valence-electron chi connectivity index (χ2n) is 4.37. The number of carbonyl (C=O) groups excluding carboxylic acids is 1. The predicted octanol–water partition coefficient (Wildman–Crippen LogP) is 1.64. The van der Waals surface area contributed by atoms with Crippen molar-refractivity contribution in [1.82, 2.24) is 9.97 Å². The fourth-order valence-corrected chi connectivity index (χ4v) is 0.988. The van der Waals surface area contributed by atoms with E-state index in [2.05, 4.69) is 9.97 Å². The number of hydrogen-bond donors (Lipinski definition) is 0. The highest BCUT2D eigenvalue weighted by Crippen LogP contribution is 2.17. The molecular weight excluding hydrogens is 192 g/mol. The summed E-state index contributed by atoms with van der Waals surface area (Å²) >= 11 is 0. The minimum Gasteiger partial charge on any atom is -0.481 e. The third-order valence-electron chi connectivity index (χ3n) is 2.04. The van der Waals surface area contributed by atoms with Crippen molar-refractivity contribution >= 4 is 5.78 Å². The number of carbonyl (C=O) groups is 1. The Morgan fingerprint density at radius 3 is 2.67 bits per heavy atom. The molecule has 0 bridgehead atoms. The standard InChI is InChI=1S/C11H16N2O2/c1-11(2,3)8(14)7-9-12-6-5-10(13-9)15-4/h5-6H,7H2,1-4H3. The molecule has 0 atom stereocenters. The minimum absolute atomic E-state index is 0.121. The zero-order valence-electron chi connectivity index (χ0n) is 9.57. The van der Waals surface area contributed by atoms with Crippen molar-refractivity contribution in [2.24, 2.45) is 5.41 Å². The SMILES string of the molecule is COc1ccnc(CC(=O)C(C)(C)C)n1. The first-order valence-electron chi connectivity index (χ1n) is 4.82. The van der Waals surface area contributed by atoms with E-state index in [9.17, 15) is 4.79 Å². The molecule has 4 nitrogen and oxygen atoms in total. The molecule has 1 heterocycles. The van der Waals surface area contributed by atoms with Gasteiger partial charge in [-0.1, -0.05) is 20.8 Å². The summed E-state index contributed by atoms with van der Waals surface area (Å²) in [4.78, 5) is 19.8. The smallest absolute Gasteiger partial charge is 0.216 e. The highest BCUT2D eigenvalue weighted by molar-refractivity contribution is 5.85. The Bertz CT molecular complexity index is 356. The molecule has 4 heteroatoms. The average Bonchev–Trinajstić information content (AvgIpc) is 2.16. The van der Waals surface area contributed by atoms with Gasteiger partial charge in [-0.2, -0.15) is 4.98 Å². The van der Waals surface area contributed by atoms with Gasteiger partial charge in [0.2, 0.25) is 5.88 Å². The number of hydrogen-bond acceptors (Lipinski definition) is 4. The van der Waals surface area contributed by atoms with Gasteiger partial charge in [0.05, 0.1) is 13.5 Å². The lowest BCUT2D eigenvalue weighted by molar-refractivity contribution is -0.125. The van der Waals surface area contributed by atoms with E-state index in [1.54, 1.807) is 12.3 Å². The van der Waals surface area contributed by atoms with Gasteiger partial charge in [-0.15, -0.1) is 0 Å². The van der Waals surface area contributed by atoms with Crippen LogP contribution in [0.3, 0.4) is 0 Å². The van der Waals surface area contributed by atoms with Gasteiger partial charge in [0.1, 0.15) is 11.6 Å². The lowest BCUT2D eigenvalue weighted by Gasteiger charge is -2.15. The third-order valence-corrected chi connectivity index (χ3v) is 2.04. The van der Waals surface area contributed by atoms with Crippen LogP contribution in [0.2, 0.25) is 0 Å². The first-order valence-corrected chi connectivity index (χ1v) is 4.82. The normalized spacial score (nSPS) is 11.2. The predicted molar refractivity (Wildman–Crippen MR) is 56.8 cm³/mol. The maximum Gasteiger partial charge on any atom is 0.216 e. The molecule has 0 amide bonds. The molecule has 1 aromatic heterocycles. The number of methoxy groups -OCH3 is 1. The Balaban J connectivity index is 2.77. The third kappa shape index (κ3) is 3.31. The fourth-order valence-electron chi connectivity index (χ4n) is 0.988. The van der Waals surface area contributed by atoms with Crippen LogP contribution in [0.1, 0.15) is 26.6 Å². The lowest BCUT2D eigenvalue weighted by atomic mass is 9.89. The molecule has 0 aliphatic carbocycles. The van der Waals surface area contributed by atoms with Gasteiger partial charge >= 0.3 is 0 Å². The molecule has 0 radical (unpaired) electrons. The topological polar surface area (TPSA) is 52.1 Å². The maximum absolute atomic E-state index is 11.7. The molecule has 0 N–H and O–H groups in total. The molecule has 1 rings (SSSR count). The zero-order chi connectivity index (χ0) is 11.5. The largest absolute Gasteiger partial charge is 0.481 e. The van der Waals surface area contributed by atoms with Gasteiger partial charge in [-0.25, -0.2) is 4.98 Å². The molecule has 0 unspecified atom stereocenters. The van der Waals surface area contributed by atoms with E-state index in [0.29, 0.717) is 11.7 Å². The Morgan fingerprint density at radius 1 is 1.47 bits per heavy atom. The summed E-state index contributed by atoms with van der Waals surface area (Å²) in [6.45, 7) is 5.65. The van der Waals surface area contributed by atoms with Crippen LogP contribution in [0.5, 0.6) is 5.88 Å². The molecule has 0 fully saturated rings. The molecule has 0 spiro atoms. The first-order chi connectivity index (χ1) is 6.93. The van der Waals surface area contributed by atoms with Crippen LogP contribution in [0.25, 0.3) is 0 Å². The van der Waals surface area contributed by atoms with Gasteiger partial charge in [0.15, 0.2) is 0 Å². The number of aromatic nitrogens is 2. The summed E-state index contributed by atoms with van der Waals surface area (Å²) in [5.74, 6) is 1.12.